The van der Waals surface area contributed by atoms with E-state index in [0.717, 1.165) is 14.5 Å². The molecule has 1 aliphatic rings. The number of aromatic nitrogens is 1. The predicted octanol–water partition coefficient (Wildman–Crippen LogP) is 4.16. The van der Waals surface area contributed by atoms with E-state index in [0.29, 0.717) is 37.7 Å². The number of carbonyl (C=O) groups excluding carboxylic acids is 1. The Balaban J connectivity index is 1.86. The maximum atomic E-state index is 13.8. The lowest BCUT2D eigenvalue weighted by Gasteiger charge is -2.27. The molecule has 5 rings (SSSR count). The summed E-state index contributed by atoms with van der Waals surface area (Å²) < 4.78 is 19.6. The van der Waals surface area contributed by atoms with Gasteiger partial charge in [-0.3, -0.25) is 9.36 Å². The molecular formula is C26H21IN2O5S. The monoisotopic (exact) mass is 600 g/mol. The number of halogens is 1. The molecule has 0 aliphatic carbocycles. The molecule has 1 atom stereocenters. The van der Waals surface area contributed by atoms with Gasteiger partial charge in [0.2, 0.25) is 0 Å². The molecule has 3 heterocycles. The Morgan fingerprint density at radius 2 is 2.03 bits per heavy atom. The third-order valence-corrected chi connectivity index (χ3v) is 7.37. The second-order valence-corrected chi connectivity index (χ2v) is 9.92. The molecule has 1 aliphatic heterocycles. The van der Waals surface area contributed by atoms with Gasteiger partial charge in [0.15, 0.2) is 8.57 Å². The fourth-order valence-electron chi connectivity index (χ4n) is 4.34. The molecule has 0 saturated carbocycles. The van der Waals surface area contributed by atoms with Crippen LogP contribution in [0.1, 0.15) is 31.2 Å². The second kappa shape index (κ2) is 9.46. The zero-order chi connectivity index (χ0) is 24.7. The van der Waals surface area contributed by atoms with E-state index in [1.54, 1.807) is 37.7 Å². The van der Waals surface area contributed by atoms with E-state index < -0.39 is 12.0 Å². The van der Waals surface area contributed by atoms with Crippen molar-refractivity contribution in [1.29, 1.82) is 0 Å². The van der Waals surface area contributed by atoms with Crippen molar-refractivity contribution in [1.82, 2.24) is 4.57 Å². The van der Waals surface area contributed by atoms with Crippen LogP contribution in [-0.4, -0.2) is 24.3 Å². The molecule has 7 nitrogen and oxygen atoms in total. The quantitative estimate of drug-likeness (QED) is 0.254. The number of hydrogen-bond acceptors (Lipinski definition) is 7. The highest BCUT2D eigenvalue weighted by molar-refractivity contribution is 14.1. The minimum atomic E-state index is -0.773. The van der Waals surface area contributed by atoms with Crippen LogP contribution in [0.15, 0.2) is 74.0 Å². The van der Waals surface area contributed by atoms with Crippen LogP contribution in [0.5, 0.6) is 5.75 Å². The summed E-state index contributed by atoms with van der Waals surface area (Å²) in [4.78, 5) is 32.2. The molecule has 2 aromatic carbocycles. The van der Waals surface area contributed by atoms with Gasteiger partial charge in [0.1, 0.15) is 17.6 Å². The smallest absolute Gasteiger partial charge is 0.338 e. The number of methoxy groups -OCH3 is 1. The third-order valence-electron chi connectivity index (χ3n) is 5.81. The number of allylic oxidation sites excluding steroid dienone is 1. The summed E-state index contributed by atoms with van der Waals surface area (Å²) in [5.74, 6) is 0.629. The molecule has 0 saturated heterocycles. The van der Waals surface area contributed by atoms with Gasteiger partial charge in [-0.1, -0.05) is 41.7 Å². The number of esters is 1. The second-order valence-electron chi connectivity index (χ2n) is 7.85. The van der Waals surface area contributed by atoms with Gasteiger partial charge in [0, 0.05) is 11.6 Å². The van der Waals surface area contributed by atoms with Gasteiger partial charge in [-0.15, -0.1) is 0 Å². The Kier molecular flexibility index (Phi) is 6.37. The van der Waals surface area contributed by atoms with Crippen molar-refractivity contribution >= 4 is 56.7 Å². The molecule has 0 amide bonds. The molecule has 35 heavy (non-hydrogen) atoms. The van der Waals surface area contributed by atoms with Crippen LogP contribution < -0.4 is 19.6 Å². The van der Waals surface area contributed by atoms with Gasteiger partial charge in [-0.25, -0.2) is 9.79 Å². The van der Waals surface area contributed by atoms with E-state index in [4.69, 9.17) is 13.9 Å². The number of thiazole rings is 1. The number of nitrogens with zero attached hydrogens (tertiary/aromatic N) is 2. The van der Waals surface area contributed by atoms with Crippen molar-refractivity contribution in [2.24, 2.45) is 4.99 Å². The zero-order valence-electron chi connectivity index (χ0n) is 19.2. The maximum Gasteiger partial charge on any atom is 0.338 e. The number of benzene rings is 2. The van der Waals surface area contributed by atoms with Gasteiger partial charge in [-0.2, -0.15) is 0 Å². The highest BCUT2D eigenvalue weighted by Crippen LogP contribution is 2.40. The van der Waals surface area contributed by atoms with Gasteiger partial charge >= 0.3 is 5.97 Å². The van der Waals surface area contributed by atoms with Gasteiger partial charge in [-0.05, 0) is 65.4 Å². The lowest BCUT2D eigenvalue weighted by Crippen LogP contribution is -2.40. The maximum absolute atomic E-state index is 13.8. The summed E-state index contributed by atoms with van der Waals surface area (Å²) in [5, 5.41) is 1.84. The van der Waals surface area contributed by atoms with E-state index in [9.17, 15) is 9.59 Å². The highest BCUT2D eigenvalue weighted by atomic mass is 127. The van der Waals surface area contributed by atoms with Crippen LogP contribution in [0, 0.1) is 3.77 Å². The molecule has 4 aromatic rings. The lowest BCUT2D eigenvalue weighted by atomic mass is 9.90. The first-order chi connectivity index (χ1) is 16.9. The topological polar surface area (TPSA) is 83.0 Å². The lowest BCUT2D eigenvalue weighted by molar-refractivity contribution is -0.139. The molecular weight excluding hydrogens is 579 g/mol. The van der Waals surface area contributed by atoms with Gasteiger partial charge < -0.3 is 13.9 Å². The number of hydrogen-bond donors (Lipinski definition) is 0. The Labute approximate surface area is 218 Å². The van der Waals surface area contributed by atoms with Crippen molar-refractivity contribution in [2.45, 2.75) is 19.9 Å². The normalized spacial score (nSPS) is 15.8. The highest BCUT2D eigenvalue weighted by Gasteiger charge is 2.36. The zero-order valence-corrected chi connectivity index (χ0v) is 22.2. The van der Waals surface area contributed by atoms with E-state index >= 15 is 0 Å². The molecule has 0 bridgehead atoms. The largest absolute Gasteiger partial charge is 0.496 e. The Morgan fingerprint density at radius 1 is 1.23 bits per heavy atom. The number of rotatable bonds is 5. The van der Waals surface area contributed by atoms with Crippen molar-refractivity contribution < 1.29 is 18.7 Å². The summed E-state index contributed by atoms with van der Waals surface area (Å²) in [7, 11) is 1.58. The molecule has 0 radical (unpaired) electrons. The van der Waals surface area contributed by atoms with Crippen molar-refractivity contribution in [3.8, 4) is 5.75 Å². The third kappa shape index (κ3) is 4.12. The number of furan rings is 1. The molecule has 0 fully saturated rings. The summed E-state index contributed by atoms with van der Waals surface area (Å²) in [6.45, 7) is 3.72. The number of ether oxygens (including phenoxy) is 2. The Hall–Kier alpha value is -3.18. The van der Waals surface area contributed by atoms with Crippen LogP contribution in [0.25, 0.3) is 16.8 Å². The summed E-state index contributed by atoms with van der Waals surface area (Å²) in [6, 6.07) is 14.5. The van der Waals surface area contributed by atoms with E-state index in [-0.39, 0.29) is 12.2 Å². The van der Waals surface area contributed by atoms with Crippen LogP contribution in [0.4, 0.5) is 0 Å². The Morgan fingerprint density at radius 3 is 2.74 bits per heavy atom. The minimum absolute atomic E-state index is 0.205. The molecule has 0 spiro atoms. The first-order valence-electron chi connectivity index (χ1n) is 10.9. The fraction of sp³-hybridized carbons (Fsp3) is 0.192. The summed E-state index contributed by atoms with van der Waals surface area (Å²) >= 11 is 3.33. The SMILES string of the molecule is CCOC(=O)C1=C(C)N=c2s/c(=C/c3ccc(I)o3)c(=O)n2[C@@H]1c1c(OC)ccc2ccccc12. The van der Waals surface area contributed by atoms with Crippen molar-refractivity contribution in [2.75, 3.05) is 13.7 Å². The van der Waals surface area contributed by atoms with E-state index in [2.05, 4.69) is 27.6 Å². The van der Waals surface area contributed by atoms with Crippen molar-refractivity contribution in [3.63, 3.8) is 0 Å². The van der Waals surface area contributed by atoms with Crippen molar-refractivity contribution in [3.05, 3.63) is 94.6 Å². The molecule has 178 valence electrons. The molecule has 0 N–H and O–H groups in total. The van der Waals surface area contributed by atoms with Gasteiger partial charge in [0.25, 0.3) is 5.56 Å². The standard InChI is InChI=1S/C26H21IN2O5S/c1-4-33-25(31)21-14(2)28-26-29(24(30)19(35-26)13-16-10-12-20(27)34-16)23(21)22-17-8-6-5-7-15(17)9-11-18(22)32-3/h5-13,23H,4H2,1-3H3/b19-13+/t23-/m0/s1. The van der Waals surface area contributed by atoms with Crippen LogP contribution in [0.3, 0.4) is 0 Å². The number of fused-ring (bicyclic) bond motifs is 2. The Bertz CT molecular complexity index is 1680. The van der Waals surface area contributed by atoms with E-state index in [1.807, 2.05) is 42.5 Å². The van der Waals surface area contributed by atoms with Crippen LogP contribution >= 0.6 is 33.9 Å². The first kappa shape index (κ1) is 23.6. The molecule has 2 aromatic heterocycles. The predicted molar refractivity (Wildman–Crippen MR) is 142 cm³/mol. The minimum Gasteiger partial charge on any atom is -0.496 e. The summed E-state index contributed by atoms with van der Waals surface area (Å²) in [6.07, 6.45) is 1.70. The fourth-order valence-corrected chi connectivity index (χ4v) is 5.80. The molecule has 0 unspecified atom stereocenters. The summed E-state index contributed by atoms with van der Waals surface area (Å²) in [5.41, 5.74) is 1.26. The average molecular weight is 600 g/mol. The van der Waals surface area contributed by atoms with E-state index in [1.165, 1.54) is 11.3 Å². The molecule has 9 heteroatoms. The van der Waals surface area contributed by atoms with Crippen LogP contribution in [0.2, 0.25) is 0 Å². The average Bonchev–Trinajstić information content (AvgIpc) is 3.39. The van der Waals surface area contributed by atoms with Crippen LogP contribution in [-0.2, 0) is 9.53 Å². The first-order valence-corrected chi connectivity index (χ1v) is 12.8. The van der Waals surface area contributed by atoms with Gasteiger partial charge in [0.05, 0.1) is 29.5 Å². The number of carbonyl (C=O) groups is 1.